The van der Waals surface area contributed by atoms with Crippen molar-refractivity contribution in [2.75, 3.05) is 7.11 Å². The number of ether oxygens (including phenoxy) is 1. The number of hydrogen-bond acceptors (Lipinski definition) is 3. The lowest BCUT2D eigenvalue weighted by Gasteiger charge is -2.09. The van der Waals surface area contributed by atoms with Crippen LogP contribution in [-0.2, 0) is 6.54 Å². The first-order chi connectivity index (χ1) is 9.08. The Balaban J connectivity index is 2.53. The van der Waals surface area contributed by atoms with Crippen LogP contribution in [0.5, 0.6) is 5.75 Å². The quantitative estimate of drug-likeness (QED) is 0.752. The van der Waals surface area contributed by atoms with Gasteiger partial charge in [0.1, 0.15) is 11.4 Å². The summed E-state index contributed by atoms with van der Waals surface area (Å²) in [6.07, 6.45) is 1.63. The molecular weight excluding hydrogens is 376 g/mol. The summed E-state index contributed by atoms with van der Waals surface area (Å²) in [5, 5.41) is 4.15. The fourth-order valence-electron chi connectivity index (χ4n) is 1.81. The van der Waals surface area contributed by atoms with Crippen LogP contribution in [0.4, 0.5) is 0 Å². The highest BCUT2D eigenvalue weighted by Gasteiger charge is 2.21. The van der Waals surface area contributed by atoms with Gasteiger partial charge in [-0.15, -0.1) is 0 Å². The van der Waals surface area contributed by atoms with E-state index in [1.165, 1.54) is 0 Å². The van der Waals surface area contributed by atoms with Crippen LogP contribution in [0.1, 0.15) is 23.0 Å². The van der Waals surface area contributed by atoms with Gasteiger partial charge in [-0.2, -0.15) is 5.10 Å². The molecule has 0 bridgehead atoms. The summed E-state index contributed by atoms with van der Waals surface area (Å²) in [5.41, 5.74) is 1.05. The fraction of sp³-hybridized carbons (Fsp3) is 0.231. The van der Waals surface area contributed by atoms with E-state index in [1.807, 2.05) is 13.0 Å². The van der Waals surface area contributed by atoms with E-state index in [2.05, 4.69) is 37.0 Å². The molecule has 0 fully saturated rings. The van der Waals surface area contributed by atoms with Gasteiger partial charge < -0.3 is 4.74 Å². The molecule has 100 valence electrons. The predicted octanol–water partition coefficient (Wildman–Crippen LogP) is 3.67. The highest BCUT2D eigenvalue weighted by molar-refractivity contribution is 9.10. The number of carbonyl (C=O) groups is 1. The monoisotopic (exact) mass is 386 g/mol. The second-order valence-electron chi connectivity index (χ2n) is 3.83. The SMILES string of the molecule is CCn1ncc(Br)c1C(=O)c1ccc(Br)cc1OC. The Morgan fingerprint density at radius 1 is 1.42 bits per heavy atom. The zero-order valence-corrected chi connectivity index (χ0v) is 13.7. The Morgan fingerprint density at radius 3 is 2.79 bits per heavy atom. The third-order valence-electron chi connectivity index (χ3n) is 2.72. The van der Waals surface area contributed by atoms with Gasteiger partial charge >= 0.3 is 0 Å². The van der Waals surface area contributed by atoms with Crippen LogP contribution in [0.3, 0.4) is 0 Å². The van der Waals surface area contributed by atoms with E-state index in [9.17, 15) is 4.79 Å². The number of aryl methyl sites for hydroxylation is 1. The molecule has 2 aromatic rings. The van der Waals surface area contributed by atoms with Crippen LogP contribution in [0.25, 0.3) is 0 Å². The van der Waals surface area contributed by atoms with Crippen LogP contribution >= 0.6 is 31.9 Å². The molecule has 19 heavy (non-hydrogen) atoms. The lowest BCUT2D eigenvalue weighted by atomic mass is 10.1. The van der Waals surface area contributed by atoms with E-state index in [-0.39, 0.29) is 5.78 Å². The summed E-state index contributed by atoms with van der Waals surface area (Å²) in [4.78, 5) is 12.6. The molecule has 0 N–H and O–H groups in total. The number of benzene rings is 1. The van der Waals surface area contributed by atoms with Crippen LogP contribution < -0.4 is 4.74 Å². The first-order valence-corrected chi connectivity index (χ1v) is 7.26. The summed E-state index contributed by atoms with van der Waals surface area (Å²) in [7, 11) is 1.55. The molecule has 4 nitrogen and oxygen atoms in total. The van der Waals surface area contributed by atoms with E-state index in [4.69, 9.17) is 4.74 Å². The van der Waals surface area contributed by atoms with Crippen molar-refractivity contribution in [1.29, 1.82) is 0 Å². The zero-order valence-electron chi connectivity index (χ0n) is 10.5. The van der Waals surface area contributed by atoms with Crippen molar-refractivity contribution in [3.63, 3.8) is 0 Å². The summed E-state index contributed by atoms with van der Waals surface area (Å²) < 4.78 is 8.47. The number of carbonyl (C=O) groups excluding carboxylic acids is 1. The van der Waals surface area contributed by atoms with Gasteiger partial charge in [-0.1, -0.05) is 15.9 Å². The molecule has 0 amide bonds. The average molecular weight is 388 g/mol. The van der Waals surface area contributed by atoms with Crippen molar-refractivity contribution in [2.45, 2.75) is 13.5 Å². The van der Waals surface area contributed by atoms with Gasteiger partial charge in [-0.3, -0.25) is 9.48 Å². The van der Waals surface area contributed by atoms with Gasteiger partial charge in [-0.25, -0.2) is 0 Å². The molecule has 0 saturated carbocycles. The number of ketones is 1. The molecule has 0 spiro atoms. The van der Waals surface area contributed by atoms with E-state index in [0.29, 0.717) is 28.0 Å². The molecule has 0 aliphatic rings. The van der Waals surface area contributed by atoms with Crippen molar-refractivity contribution >= 4 is 37.6 Å². The van der Waals surface area contributed by atoms with E-state index in [0.717, 1.165) is 4.47 Å². The van der Waals surface area contributed by atoms with Gasteiger partial charge in [0.2, 0.25) is 5.78 Å². The van der Waals surface area contributed by atoms with Gasteiger partial charge in [0, 0.05) is 11.0 Å². The number of rotatable bonds is 4. The molecule has 6 heteroatoms. The van der Waals surface area contributed by atoms with Crippen molar-refractivity contribution in [1.82, 2.24) is 9.78 Å². The summed E-state index contributed by atoms with van der Waals surface area (Å²) in [6, 6.07) is 5.33. The van der Waals surface area contributed by atoms with Crippen molar-refractivity contribution in [3.05, 3.63) is 44.6 Å². The third kappa shape index (κ3) is 2.74. The van der Waals surface area contributed by atoms with Crippen molar-refractivity contribution in [2.24, 2.45) is 0 Å². The van der Waals surface area contributed by atoms with Crippen LogP contribution in [0.2, 0.25) is 0 Å². The number of methoxy groups -OCH3 is 1. The minimum atomic E-state index is -0.115. The minimum absolute atomic E-state index is 0.115. The summed E-state index contributed by atoms with van der Waals surface area (Å²) in [6.45, 7) is 2.57. The second kappa shape index (κ2) is 5.88. The molecule has 0 unspecified atom stereocenters. The van der Waals surface area contributed by atoms with Gasteiger partial charge in [0.15, 0.2) is 0 Å². The Hall–Kier alpha value is -1.14. The molecule has 2 rings (SSSR count). The number of halogens is 2. The normalized spacial score (nSPS) is 10.5. The first-order valence-electron chi connectivity index (χ1n) is 5.68. The standard InChI is InChI=1S/C13H12Br2N2O2/c1-3-17-12(10(15)7-16-17)13(18)9-5-4-8(14)6-11(9)19-2/h4-7H,3H2,1-2H3. The number of nitrogens with zero attached hydrogens (tertiary/aromatic N) is 2. The zero-order chi connectivity index (χ0) is 14.0. The largest absolute Gasteiger partial charge is 0.496 e. The molecule has 1 aromatic heterocycles. The maximum Gasteiger partial charge on any atom is 0.215 e. The van der Waals surface area contributed by atoms with E-state index >= 15 is 0 Å². The Bertz CT molecular complexity index is 623. The van der Waals surface area contributed by atoms with Crippen LogP contribution in [0, 0.1) is 0 Å². The fourth-order valence-corrected chi connectivity index (χ4v) is 2.62. The smallest absolute Gasteiger partial charge is 0.215 e. The minimum Gasteiger partial charge on any atom is -0.496 e. The Morgan fingerprint density at radius 2 is 2.16 bits per heavy atom. The van der Waals surface area contributed by atoms with E-state index < -0.39 is 0 Å². The number of hydrogen-bond donors (Lipinski definition) is 0. The molecule has 0 saturated heterocycles. The maximum atomic E-state index is 12.6. The number of aromatic nitrogens is 2. The highest BCUT2D eigenvalue weighted by Crippen LogP contribution is 2.28. The summed E-state index contributed by atoms with van der Waals surface area (Å²) >= 11 is 6.72. The predicted molar refractivity (Wildman–Crippen MR) is 79.7 cm³/mol. The Kier molecular flexibility index (Phi) is 4.42. The highest BCUT2D eigenvalue weighted by atomic mass is 79.9. The van der Waals surface area contributed by atoms with Crippen molar-refractivity contribution in [3.8, 4) is 5.75 Å². The van der Waals surface area contributed by atoms with Gasteiger partial charge in [0.25, 0.3) is 0 Å². The average Bonchev–Trinajstić information content (AvgIpc) is 2.78. The van der Waals surface area contributed by atoms with Crippen LogP contribution in [0.15, 0.2) is 33.3 Å². The lowest BCUT2D eigenvalue weighted by molar-refractivity contribution is 0.102. The van der Waals surface area contributed by atoms with E-state index in [1.54, 1.807) is 30.1 Å². The summed E-state index contributed by atoms with van der Waals surface area (Å²) in [5.74, 6) is 0.422. The molecule has 0 aliphatic carbocycles. The van der Waals surface area contributed by atoms with Crippen LogP contribution in [-0.4, -0.2) is 22.7 Å². The molecule has 0 aliphatic heterocycles. The van der Waals surface area contributed by atoms with Gasteiger partial charge in [-0.05, 0) is 41.1 Å². The second-order valence-corrected chi connectivity index (χ2v) is 5.60. The molecule has 0 radical (unpaired) electrons. The Labute approximate surface area is 128 Å². The maximum absolute atomic E-state index is 12.6. The topological polar surface area (TPSA) is 44.1 Å². The van der Waals surface area contributed by atoms with Crippen molar-refractivity contribution < 1.29 is 9.53 Å². The van der Waals surface area contributed by atoms with Gasteiger partial charge in [0.05, 0.1) is 23.3 Å². The molecule has 1 heterocycles. The molecule has 1 aromatic carbocycles. The first kappa shape index (κ1) is 14.3. The lowest BCUT2D eigenvalue weighted by Crippen LogP contribution is -2.12. The molecular formula is C13H12Br2N2O2. The third-order valence-corrected chi connectivity index (χ3v) is 3.79. The molecule has 0 atom stereocenters.